The number of hydrogen-bond acceptors (Lipinski definition) is 4. The number of carbonyl (C=O) groups excluding carboxylic acids is 1. The number of nitrogens with zero attached hydrogens (tertiary/aromatic N) is 1. The van der Waals surface area contributed by atoms with E-state index in [1.165, 1.54) is 0 Å². The van der Waals surface area contributed by atoms with Crippen molar-refractivity contribution in [2.45, 2.75) is 25.8 Å². The molecule has 0 radical (unpaired) electrons. The first-order chi connectivity index (χ1) is 10.1. The Bertz CT molecular complexity index is 502. The van der Waals surface area contributed by atoms with Crippen LogP contribution in [-0.2, 0) is 4.79 Å². The number of carbonyl (C=O) groups is 1. The molecule has 3 N–H and O–H groups in total. The fourth-order valence-electron chi connectivity index (χ4n) is 3.06. The van der Waals surface area contributed by atoms with Crippen LogP contribution in [0.25, 0.3) is 0 Å². The molecule has 0 saturated carbocycles. The SMILES string of the molecule is CNC(=O)C1CCCN(c2cccc(OC)c2[C@@H](C)N)C1. The van der Waals surface area contributed by atoms with Gasteiger partial charge in [-0.05, 0) is 31.9 Å². The van der Waals surface area contributed by atoms with Crippen LogP contribution in [0, 0.1) is 5.92 Å². The first-order valence-corrected chi connectivity index (χ1v) is 7.47. The third kappa shape index (κ3) is 3.29. The van der Waals surface area contributed by atoms with Gasteiger partial charge in [0.2, 0.25) is 5.91 Å². The van der Waals surface area contributed by atoms with Crippen molar-refractivity contribution in [1.29, 1.82) is 0 Å². The van der Waals surface area contributed by atoms with Gasteiger partial charge in [0.15, 0.2) is 0 Å². The van der Waals surface area contributed by atoms with Crippen LogP contribution in [-0.4, -0.2) is 33.2 Å². The van der Waals surface area contributed by atoms with E-state index in [-0.39, 0.29) is 17.9 Å². The first-order valence-electron chi connectivity index (χ1n) is 7.47. The van der Waals surface area contributed by atoms with E-state index in [0.29, 0.717) is 0 Å². The van der Waals surface area contributed by atoms with E-state index in [4.69, 9.17) is 10.5 Å². The highest BCUT2D eigenvalue weighted by Crippen LogP contribution is 2.35. The Morgan fingerprint density at radius 1 is 1.52 bits per heavy atom. The molecule has 5 heteroatoms. The molecule has 1 aromatic carbocycles. The molecule has 1 heterocycles. The molecule has 0 spiro atoms. The molecule has 2 atom stereocenters. The molecule has 1 fully saturated rings. The van der Waals surface area contributed by atoms with Gasteiger partial charge in [0, 0.05) is 37.4 Å². The predicted octanol–water partition coefficient (Wildman–Crippen LogP) is 1.68. The van der Waals surface area contributed by atoms with Crippen molar-refractivity contribution in [2.75, 3.05) is 32.1 Å². The number of anilines is 1. The highest BCUT2D eigenvalue weighted by molar-refractivity contribution is 5.79. The van der Waals surface area contributed by atoms with Crippen LogP contribution in [0.1, 0.15) is 31.4 Å². The second-order valence-corrected chi connectivity index (χ2v) is 5.58. The summed E-state index contributed by atoms with van der Waals surface area (Å²) in [5, 5.41) is 2.75. The van der Waals surface area contributed by atoms with Crippen LogP contribution in [0.5, 0.6) is 5.75 Å². The summed E-state index contributed by atoms with van der Waals surface area (Å²) in [6.07, 6.45) is 1.95. The summed E-state index contributed by atoms with van der Waals surface area (Å²) in [7, 11) is 3.36. The molecule has 1 aromatic rings. The van der Waals surface area contributed by atoms with Crippen molar-refractivity contribution < 1.29 is 9.53 Å². The zero-order chi connectivity index (χ0) is 15.4. The van der Waals surface area contributed by atoms with Gasteiger partial charge in [-0.2, -0.15) is 0 Å². The Kier molecular flexibility index (Phi) is 5.07. The minimum absolute atomic E-state index is 0.0379. The molecule has 1 amide bonds. The molecule has 0 bridgehead atoms. The van der Waals surface area contributed by atoms with E-state index >= 15 is 0 Å². The zero-order valence-electron chi connectivity index (χ0n) is 13.1. The van der Waals surface area contributed by atoms with Gasteiger partial charge in [-0.15, -0.1) is 0 Å². The Labute approximate surface area is 126 Å². The molecule has 1 aliphatic rings. The lowest BCUT2D eigenvalue weighted by atomic mass is 9.95. The first kappa shape index (κ1) is 15.6. The second-order valence-electron chi connectivity index (χ2n) is 5.58. The number of methoxy groups -OCH3 is 1. The van der Waals surface area contributed by atoms with Crippen LogP contribution in [0.15, 0.2) is 18.2 Å². The molecule has 1 aliphatic heterocycles. The number of nitrogens with two attached hydrogens (primary N) is 1. The maximum Gasteiger partial charge on any atom is 0.224 e. The zero-order valence-corrected chi connectivity index (χ0v) is 13.1. The summed E-state index contributed by atoms with van der Waals surface area (Å²) >= 11 is 0. The Morgan fingerprint density at radius 3 is 2.90 bits per heavy atom. The molecule has 1 unspecified atom stereocenters. The summed E-state index contributed by atoms with van der Waals surface area (Å²) < 4.78 is 5.45. The number of amides is 1. The fraction of sp³-hybridized carbons (Fsp3) is 0.562. The van der Waals surface area contributed by atoms with E-state index in [9.17, 15) is 4.79 Å². The number of rotatable bonds is 4. The van der Waals surface area contributed by atoms with Gasteiger partial charge in [0.05, 0.1) is 13.0 Å². The molecule has 21 heavy (non-hydrogen) atoms. The number of ether oxygens (including phenoxy) is 1. The van der Waals surface area contributed by atoms with Gasteiger partial charge in [0.1, 0.15) is 5.75 Å². The van der Waals surface area contributed by atoms with Crippen molar-refractivity contribution in [2.24, 2.45) is 11.7 Å². The van der Waals surface area contributed by atoms with Crippen molar-refractivity contribution in [3.63, 3.8) is 0 Å². The summed E-state index contributed by atoms with van der Waals surface area (Å²) in [4.78, 5) is 14.2. The highest BCUT2D eigenvalue weighted by Gasteiger charge is 2.27. The lowest BCUT2D eigenvalue weighted by Crippen LogP contribution is -2.42. The van der Waals surface area contributed by atoms with E-state index in [2.05, 4.69) is 16.3 Å². The lowest BCUT2D eigenvalue weighted by Gasteiger charge is -2.35. The summed E-state index contributed by atoms with van der Waals surface area (Å²) in [5.41, 5.74) is 8.23. The average Bonchev–Trinajstić information content (AvgIpc) is 2.53. The Balaban J connectivity index is 2.30. The third-order valence-electron chi connectivity index (χ3n) is 4.10. The van der Waals surface area contributed by atoms with Gasteiger partial charge >= 0.3 is 0 Å². The summed E-state index contributed by atoms with van der Waals surface area (Å²) in [5.74, 6) is 0.963. The monoisotopic (exact) mass is 291 g/mol. The van der Waals surface area contributed by atoms with Gasteiger partial charge in [-0.1, -0.05) is 6.07 Å². The average molecular weight is 291 g/mol. The Hall–Kier alpha value is -1.75. The van der Waals surface area contributed by atoms with Crippen LogP contribution in [0.4, 0.5) is 5.69 Å². The molecule has 0 aliphatic carbocycles. The molecular formula is C16H25N3O2. The lowest BCUT2D eigenvalue weighted by molar-refractivity contribution is -0.124. The second kappa shape index (κ2) is 6.80. The summed E-state index contributed by atoms with van der Waals surface area (Å²) in [6.45, 7) is 3.63. The van der Waals surface area contributed by atoms with Crippen molar-refractivity contribution in [3.05, 3.63) is 23.8 Å². The minimum Gasteiger partial charge on any atom is -0.496 e. The van der Waals surface area contributed by atoms with E-state index in [0.717, 1.165) is 42.9 Å². The van der Waals surface area contributed by atoms with Crippen LogP contribution in [0.3, 0.4) is 0 Å². The van der Waals surface area contributed by atoms with Crippen LogP contribution >= 0.6 is 0 Å². The minimum atomic E-state index is -0.114. The maximum atomic E-state index is 11.9. The summed E-state index contributed by atoms with van der Waals surface area (Å²) in [6, 6.07) is 5.86. The normalized spacial score (nSPS) is 20.0. The number of hydrogen-bond donors (Lipinski definition) is 2. The largest absolute Gasteiger partial charge is 0.496 e. The number of piperidine rings is 1. The highest BCUT2D eigenvalue weighted by atomic mass is 16.5. The third-order valence-corrected chi connectivity index (χ3v) is 4.10. The van der Waals surface area contributed by atoms with Crippen molar-refractivity contribution in [3.8, 4) is 5.75 Å². The predicted molar refractivity (Wildman–Crippen MR) is 84.6 cm³/mol. The maximum absolute atomic E-state index is 11.9. The van der Waals surface area contributed by atoms with E-state index in [1.807, 2.05) is 19.1 Å². The van der Waals surface area contributed by atoms with Crippen molar-refractivity contribution >= 4 is 11.6 Å². The van der Waals surface area contributed by atoms with Gasteiger partial charge in [-0.3, -0.25) is 4.79 Å². The van der Waals surface area contributed by atoms with E-state index in [1.54, 1.807) is 14.2 Å². The Morgan fingerprint density at radius 2 is 2.29 bits per heavy atom. The molecule has 5 nitrogen and oxygen atoms in total. The molecule has 2 rings (SSSR count). The molecule has 1 saturated heterocycles. The van der Waals surface area contributed by atoms with Gasteiger partial charge in [0.25, 0.3) is 0 Å². The van der Waals surface area contributed by atoms with Crippen LogP contribution in [0.2, 0.25) is 0 Å². The quantitative estimate of drug-likeness (QED) is 0.885. The number of nitrogens with one attached hydrogen (secondary N) is 1. The fourth-order valence-corrected chi connectivity index (χ4v) is 3.06. The van der Waals surface area contributed by atoms with Gasteiger partial charge in [-0.25, -0.2) is 0 Å². The van der Waals surface area contributed by atoms with E-state index < -0.39 is 0 Å². The standard InChI is InChI=1S/C16H25N3O2/c1-11(17)15-13(7-4-8-14(15)21-3)19-9-5-6-12(10-19)16(20)18-2/h4,7-8,11-12H,5-6,9-10,17H2,1-3H3,(H,18,20)/t11-,12?/m1/s1. The molecule has 0 aromatic heterocycles. The smallest absolute Gasteiger partial charge is 0.224 e. The number of benzene rings is 1. The van der Waals surface area contributed by atoms with Crippen molar-refractivity contribution in [1.82, 2.24) is 5.32 Å². The van der Waals surface area contributed by atoms with Crippen LogP contribution < -0.4 is 20.7 Å². The molecule has 116 valence electrons. The molecular weight excluding hydrogens is 266 g/mol. The topological polar surface area (TPSA) is 67.6 Å². The van der Waals surface area contributed by atoms with Gasteiger partial charge < -0.3 is 20.7 Å².